The van der Waals surface area contributed by atoms with Gasteiger partial charge in [0.2, 0.25) is 0 Å². The minimum absolute atomic E-state index is 0.0180. The van der Waals surface area contributed by atoms with E-state index in [1.807, 2.05) is 36.4 Å². The molecule has 4 aromatic carbocycles. The van der Waals surface area contributed by atoms with Crippen LogP contribution in [0.25, 0.3) is 0 Å². The maximum absolute atomic E-state index is 5.95. The normalized spacial score (nSPS) is 17.0. The second-order valence-corrected chi connectivity index (χ2v) is 8.93. The van der Waals surface area contributed by atoms with Crippen LogP contribution < -0.4 is 9.64 Å². The number of terminal acetylenes is 1. The molecule has 0 aromatic heterocycles. The van der Waals surface area contributed by atoms with Gasteiger partial charge in [-0.05, 0) is 30.3 Å². The highest BCUT2D eigenvalue weighted by atomic mass is 32.2. The van der Waals surface area contributed by atoms with Crippen molar-refractivity contribution in [2.75, 3.05) is 11.5 Å². The molecule has 4 heteroatoms. The third-order valence-electron chi connectivity index (χ3n) is 5.65. The Balaban J connectivity index is 1.64. The first kappa shape index (κ1) is 21.9. The van der Waals surface area contributed by atoms with Gasteiger partial charge in [-0.15, -0.1) is 6.42 Å². The fourth-order valence-electron chi connectivity index (χ4n) is 4.14. The van der Waals surface area contributed by atoms with Crippen LogP contribution in [0, 0.1) is 12.3 Å². The molecular weight excluding hydrogens is 436 g/mol. The number of aliphatic imine (C=N–C) groups is 1. The van der Waals surface area contributed by atoms with Gasteiger partial charge in [-0.1, -0.05) is 103 Å². The van der Waals surface area contributed by atoms with E-state index in [0.29, 0.717) is 0 Å². The maximum atomic E-state index is 5.95. The van der Waals surface area contributed by atoms with E-state index in [2.05, 4.69) is 89.7 Å². The Morgan fingerprint density at radius 2 is 1.32 bits per heavy atom. The first-order valence-corrected chi connectivity index (χ1v) is 12.1. The maximum Gasteiger partial charge on any atom is 0.148 e. The molecule has 0 amide bonds. The number of para-hydroxylation sites is 3. The predicted octanol–water partition coefficient (Wildman–Crippen LogP) is 7.10. The summed E-state index contributed by atoms with van der Waals surface area (Å²) in [6.45, 7) is 0.220. The summed E-state index contributed by atoms with van der Waals surface area (Å²) >= 11 is 1.78. The summed E-state index contributed by atoms with van der Waals surface area (Å²) in [6.07, 6.45) is 5.49. The van der Waals surface area contributed by atoms with Crippen LogP contribution in [0.2, 0.25) is 0 Å². The number of nitrogens with zero attached hydrogens (tertiary/aromatic N) is 2. The zero-order valence-corrected chi connectivity index (χ0v) is 19.4. The summed E-state index contributed by atoms with van der Waals surface area (Å²) < 4.78 is 5.95. The highest BCUT2D eigenvalue weighted by molar-refractivity contribution is 8.15. The SMILES string of the molecule is C#CCOc1ccccc1C1N=C(c2ccccc2)SC1N(c1ccccc1)c1ccccc1. The molecule has 2 unspecified atom stereocenters. The molecular formula is C30H24N2OS. The van der Waals surface area contributed by atoms with E-state index in [9.17, 15) is 0 Å². The summed E-state index contributed by atoms with van der Waals surface area (Å²) in [5.74, 6) is 3.35. The number of benzene rings is 4. The van der Waals surface area contributed by atoms with E-state index in [4.69, 9.17) is 16.2 Å². The summed E-state index contributed by atoms with van der Waals surface area (Å²) in [6, 6.07) is 39.2. The van der Waals surface area contributed by atoms with Crippen LogP contribution in [0.5, 0.6) is 5.75 Å². The number of thioether (sulfide) groups is 1. The average Bonchev–Trinajstić information content (AvgIpc) is 3.34. The van der Waals surface area contributed by atoms with Crippen LogP contribution in [0.4, 0.5) is 11.4 Å². The van der Waals surface area contributed by atoms with Gasteiger partial charge in [0.05, 0.1) is 0 Å². The monoisotopic (exact) mass is 460 g/mol. The molecule has 0 spiro atoms. The van der Waals surface area contributed by atoms with Gasteiger partial charge in [0.1, 0.15) is 28.8 Å². The minimum Gasteiger partial charge on any atom is -0.481 e. The molecule has 4 aromatic rings. The fraction of sp³-hybridized carbons (Fsp3) is 0.100. The van der Waals surface area contributed by atoms with Crippen molar-refractivity contribution in [3.05, 3.63) is 126 Å². The average molecular weight is 461 g/mol. The lowest BCUT2D eigenvalue weighted by atomic mass is 10.0. The Bertz CT molecular complexity index is 1260. The van der Waals surface area contributed by atoms with Crippen LogP contribution in [-0.2, 0) is 0 Å². The van der Waals surface area contributed by atoms with Crippen molar-refractivity contribution >= 4 is 28.2 Å². The Hall–Kier alpha value is -3.94. The Morgan fingerprint density at radius 3 is 1.94 bits per heavy atom. The molecule has 1 aliphatic heterocycles. The van der Waals surface area contributed by atoms with Crippen molar-refractivity contribution in [1.82, 2.24) is 0 Å². The lowest BCUT2D eigenvalue weighted by Gasteiger charge is -2.34. The number of anilines is 2. The molecule has 2 atom stereocenters. The molecule has 1 aliphatic rings. The molecule has 3 nitrogen and oxygen atoms in total. The van der Waals surface area contributed by atoms with E-state index in [1.54, 1.807) is 11.8 Å². The van der Waals surface area contributed by atoms with Crippen molar-refractivity contribution in [3.8, 4) is 18.1 Å². The quantitative estimate of drug-likeness (QED) is 0.275. The molecule has 166 valence electrons. The number of rotatable bonds is 7. The highest BCUT2D eigenvalue weighted by Crippen LogP contribution is 2.47. The largest absolute Gasteiger partial charge is 0.481 e. The Morgan fingerprint density at radius 1 is 0.765 bits per heavy atom. The number of ether oxygens (including phenoxy) is 1. The first-order valence-electron chi connectivity index (χ1n) is 11.2. The van der Waals surface area contributed by atoms with Crippen molar-refractivity contribution in [2.24, 2.45) is 4.99 Å². The standard InChI is InChI=1S/C30H24N2OS/c1-2-22-33-27-21-13-12-20-26(27)28-30(34-29(31-28)23-14-6-3-7-15-23)32(24-16-8-4-9-17-24)25-18-10-5-11-19-25/h1,3-21,28,30H,22H2. The number of hydrogen-bond acceptors (Lipinski definition) is 4. The van der Waals surface area contributed by atoms with Crippen LogP contribution >= 0.6 is 11.8 Å². The molecule has 0 radical (unpaired) electrons. The van der Waals surface area contributed by atoms with E-state index in [-0.39, 0.29) is 18.0 Å². The third kappa shape index (κ3) is 4.57. The van der Waals surface area contributed by atoms with Gasteiger partial charge in [-0.2, -0.15) is 0 Å². The van der Waals surface area contributed by atoms with Gasteiger partial charge in [0.15, 0.2) is 0 Å². The second kappa shape index (κ2) is 10.3. The zero-order valence-electron chi connectivity index (χ0n) is 18.6. The van der Waals surface area contributed by atoms with Crippen molar-refractivity contribution < 1.29 is 4.74 Å². The van der Waals surface area contributed by atoms with Crippen LogP contribution in [0.1, 0.15) is 17.2 Å². The summed E-state index contributed by atoms with van der Waals surface area (Å²) in [7, 11) is 0. The molecule has 0 saturated carbocycles. The summed E-state index contributed by atoms with van der Waals surface area (Å²) in [5, 5.41) is 0.995. The topological polar surface area (TPSA) is 24.8 Å². The van der Waals surface area contributed by atoms with Gasteiger partial charge in [0.25, 0.3) is 0 Å². The highest BCUT2D eigenvalue weighted by Gasteiger charge is 2.38. The predicted molar refractivity (Wildman–Crippen MR) is 143 cm³/mol. The molecule has 0 N–H and O–H groups in total. The van der Waals surface area contributed by atoms with Crippen molar-refractivity contribution in [3.63, 3.8) is 0 Å². The van der Waals surface area contributed by atoms with Crippen molar-refractivity contribution in [1.29, 1.82) is 0 Å². The minimum atomic E-state index is -0.158. The zero-order chi connectivity index (χ0) is 23.2. The van der Waals surface area contributed by atoms with Crippen LogP contribution in [-0.4, -0.2) is 17.0 Å². The molecule has 1 heterocycles. The van der Waals surface area contributed by atoms with E-state index < -0.39 is 0 Å². The summed E-state index contributed by atoms with van der Waals surface area (Å²) in [4.78, 5) is 7.62. The Kier molecular flexibility index (Phi) is 6.65. The molecule has 0 fully saturated rings. The smallest absolute Gasteiger partial charge is 0.148 e. The molecule has 0 aliphatic carbocycles. The Labute approximate surface area is 205 Å². The first-order chi connectivity index (χ1) is 16.8. The van der Waals surface area contributed by atoms with Crippen LogP contribution in [0.3, 0.4) is 0 Å². The van der Waals surface area contributed by atoms with Gasteiger partial charge in [-0.3, -0.25) is 4.99 Å². The van der Waals surface area contributed by atoms with E-state index in [1.165, 1.54) is 0 Å². The number of hydrogen-bond donors (Lipinski definition) is 0. The van der Waals surface area contributed by atoms with Crippen molar-refractivity contribution in [2.45, 2.75) is 11.4 Å². The van der Waals surface area contributed by atoms with Gasteiger partial charge in [0, 0.05) is 22.5 Å². The fourth-order valence-corrected chi connectivity index (χ4v) is 5.50. The molecule has 5 rings (SSSR count). The second-order valence-electron chi connectivity index (χ2n) is 7.83. The summed E-state index contributed by atoms with van der Waals surface area (Å²) in [5.41, 5.74) is 4.37. The third-order valence-corrected chi connectivity index (χ3v) is 6.93. The molecule has 0 saturated heterocycles. The van der Waals surface area contributed by atoms with Gasteiger partial charge < -0.3 is 9.64 Å². The van der Waals surface area contributed by atoms with Crippen LogP contribution in [0.15, 0.2) is 120 Å². The van der Waals surface area contributed by atoms with Gasteiger partial charge in [-0.25, -0.2) is 0 Å². The van der Waals surface area contributed by atoms with E-state index >= 15 is 0 Å². The lowest BCUT2D eigenvalue weighted by Crippen LogP contribution is -2.31. The molecule has 34 heavy (non-hydrogen) atoms. The molecule has 0 bridgehead atoms. The lowest BCUT2D eigenvalue weighted by molar-refractivity contribution is 0.363. The van der Waals surface area contributed by atoms with E-state index in [0.717, 1.165) is 33.3 Å². The van der Waals surface area contributed by atoms with Gasteiger partial charge >= 0.3 is 0 Å².